The van der Waals surface area contributed by atoms with Gasteiger partial charge in [-0.05, 0) is 23.5 Å². The van der Waals surface area contributed by atoms with Gasteiger partial charge in [0.05, 0.1) is 24.7 Å². The average molecular weight is 261 g/mol. The minimum absolute atomic E-state index is 0.381. The van der Waals surface area contributed by atoms with Crippen LogP contribution >= 0.6 is 0 Å². The number of ether oxygens (including phenoxy) is 1. The molecule has 0 bridgehead atoms. The number of carbonyl (C=O) groups is 1. The maximum absolute atomic E-state index is 11.4. The molecule has 1 atom stereocenters. The Bertz CT molecular complexity index is 475. The first-order valence-electron chi connectivity index (χ1n) is 6.78. The highest BCUT2D eigenvalue weighted by Crippen LogP contribution is 2.39. The predicted molar refractivity (Wildman–Crippen MR) is 70.8 cm³/mol. The first kappa shape index (κ1) is 12.6. The van der Waals surface area contributed by atoms with Gasteiger partial charge in [-0.15, -0.1) is 0 Å². The first-order chi connectivity index (χ1) is 9.08. The van der Waals surface area contributed by atoms with E-state index in [0.29, 0.717) is 19.1 Å². The van der Waals surface area contributed by atoms with Crippen LogP contribution in [0.4, 0.5) is 0 Å². The molecule has 1 saturated carbocycles. The van der Waals surface area contributed by atoms with Gasteiger partial charge in [-0.3, -0.25) is 4.79 Å². The van der Waals surface area contributed by atoms with Crippen LogP contribution in [0.5, 0.6) is 0 Å². The minimum Gasteiger partial charge on any atom is -0.481 e. The molecule has 102 valence electrons. The van der Waals surface area contributed by atoms with Crippen LogP contribution in [0.25, 0.3) is 0 Å². The highest BCUT2D eigenvalue weighted by Gasteiger charge is 2.36. The highest BCUT2D eigenvalue weighted by atomic mass is 16.5. The Kier molecular flexibility index (Phi) is 3.07. The average Bonchev–Trinajstić information content (AvgIpc) is 3.17. The fourth-order valence-corrected chi connectivity index (χ4v) is 2.60. The molecule has 1 heterocycles. The van der Waals surface area contributed by atoms with E-state index in [-0.39, 0.29) is 11.5 Å². The molecule has 0 aromatic heterocycles. The Hall–Kier alpha value is -1.39. The van der Waals surface area contributed by atoms with E-state index >= 15 is 0 Å². The summed E-state index contributed by atoms with van der Waals surface area (Å²) in [4.78, 5) is 11.4. The van der Waals surface area contributed by atoms with Crippen LogP contribution in [-0.4, -0.2) is 24.3 Å². The Morgan fingerprint density at radius 3 is 2.42 bits per heavy atom. The van der Waals surface area contributed by atoms with Gasteiger partial charge >= 0.3 is 5.97 Å². The second-order valence-corrected chi connectivity index (χ2v) is 5.84. The maximum Gasteiger partial charge on any atom is 0.310 e. The van der Waals surface area contributed by atoms with E-state index < -0.39 is 5.97 Å². The lowest BCUT2D eigenvalue weighted by Gasteiger charge is -2.38. The number of hydrogen-bond acceptors (Lipinski definition) is 3. The van der Waals surface area contributed by atoms with E-state index in [1.165, 1.54) is 12.8 Å². The minimum atomic E-state index is -0.728. The summed E-state index contributed by atoms with van der Waals surface area (Å²) < 4.78 is 5.15. The zero-order valence-electron chi connectivity index (χ0n) is 10.8. The summed E-state index contributed by atoms with van der Waals surface area (Å²) in [6.45, 7) is 1.08. The monoisotopic (exact) mass is 261 g/mol. The summed E-state index contributed by atoms with van der Waals surface area (Å²) >= 11 is 0. The lowest BCUT2D eigenvalue weighted by molar-refractivity contribution is -0.139. The smallest absolute Gasteiger partial charge is 0.310 e. The lowest BCUT2D eigenvalue weighted by Crippen LogP contribution is -2.54. The molecule has 1 saturated heterocycles. The summed E-state index contributed by atoms with van der Waals surface area (Å²) in [5.41, 5.74) is 7.69. The number of carboxylic acid groups (broad SMARTS) is 1. The fraction of sp³-hybridized carbons (Fsp3) is 0.533. The number of carboxylic acids is 1. The molecule has 1 aliphatic carbocycles. The second-order valence-electron chi connectivity index (χ2n) is 5.84. The van der Waals surface area contributed by atoms with Crippen molar-refractivity contribution in [1.82, 2.24) is 0 Å². The van der Waals surface area contributed by atoms with Crippen molar-refractivity contribution < 1.29 is 14.6 Å². The lowest BCUT2D eigenvalue weighted by atomic mass is 9.86. The van der Waals surface area contributed by atoms with E-state index in [0.717, 1.165) is 17.5 Å². The van der Waals surface area contributed by atoms with Crippen LogP contribution in [0.1, 0.15) is 36.3 Å². The van der Waals surface area contributed by atoms with Gasteiger partial charge in [0.1, 0.15) is 0 Å². The molecule has 4 nitrogen and oxygen atoms in total. The molecule has 2 aliphatic rings. The Balaban J connectivity index is 1.77. The van der Waals surface area contributed by atoms with E-state index in [1.807, 2.05) is 24.3 Å². The maximum atomic E-state index is 11.4. The van der Waals surface area contributed by atoms with Crippen LogP contribution < -0.4 is 5.73 Å². The van der Waals surface area contributed by atoms with Gasteiger partial charge in [0.15, 0.2) is 0 Å². The Morgan fingerprint density at radius 2 is 2.00 bits per heavy atom. The molecule has 3 N–H and O–H groups in total. The first-order valence-corrected chi connectivity index (χ1v) is 6.78. The highest BCUT2D eigenvalue weighted by molar-refractivity contribution is 5.76. The molecule has 1 aromatic rings. The van der Waals surface area contributed by atoms with Gasteiger partial charge in [0, 0.05) is 0 Å². The van der Waals surface area contributed by atoms with Crippen LogP contribution in [0, 0.1) is 5.92 Å². The molecule has 2 fully saturated rings. The van der Waals surface area contributed by atoms with Crippen molar-refractivity contribution in [2.24, 2.45) is 11.7 Å². The molecule has 19 heavy (non-hydrogen) atoms. The van der Waals surface area contributed by atoms with Crippen LogP contribution in [0.3, 0.4) is 0 Å². The van der Waals surface area contributed by atoms with Gasteiger partial charge in [0.25, 0.3) is 0 Å². The quantitative estimate of drug-likeness (QED) is 0.848. The molecule has 1 aliphatic heterocycles. The third kappa shape index (κ3) is 2.51. The zero-order chi connectivity index (χ0) is 13.5. The van der Waals surface area contributed by atoms with E-state index in [4.69, 9.17) is 10.5 Å². The van der Waals surface area contributed by atoms with Crippen molar-refractivity contribution in [3.05, 3.63) is 35.4 Å². The molecular formula is C15H19NO3. The Morgan fingerprint density at radius 1 is 1.37 bits per heavy atom. The molecular weight excluding hydrogens is 242 g/mol. The number of nitrogens with two attached hydrogens (primary N) is 1. The summed E-state index contributed by atoms with van der Waals surface area (Å²) in [6, 6.07) is 7.70. The van der Waals surface area contributed by atoms with E-state index in [2.05, 4.69) is 0 Å². The largest absolute Gasteiger partial charge is 0.481 e. The molecule has 4 heteroatoms. The molecule has 1 aromatic carbocycles. The van der Waals surface area contributed by atoms with E-state index in [1.54, 1.807) is 0 Å². The molecule has 3 rings (SSSR count). The van der Waals surface area contributed by atoms with Gasteiger partial charge in [0.2, 0.25) is 0 Å². The predicted octanol–water partition coefficient (Wildman–Crippen LogP) is 1.84. The van der Waals surface area contributed by atoms with Crippen molar-refractivity contribution in [2.45, 2.75) is 30.7 Å². The normalized spacial score (nSPS) is 22.6. The summed E-state index contributed by atoms with van der Waals surface area (Å²) in [5.74, 6) is -0.510. The fourth-order valence-electron chi connectivity index (χ4n) is 2.60. The number of hydrogen-bond donors (Lipinski definition) is 2. The third-order valence-corrected chi connectivity index (χ3v) is 4.17. The number of aliphatic carboxylic acids is 1. The van der Waals surface area contributed by atoms with Gasteiger partial charge in [-0.1, -0.05) is 37.1 Å². The van der Waals surface area contributed by atoms with Gasteiger partial charge in [-0.2, -0.15) is 0 Å². The molecule has 0 spiro atoms. The topological polar surface area (TPSA) is 72.6 Å². The third-order valence-electron chi connectivity index (χ3n) is 4.17. The van der Waals surface area contributed by atoms with Crippen molar-refractivity contribution in [3.8, 4) is 0 Å². The van der Waals surface area contributed by atoms with Crippen LogP contribution in [0.15, 0.2) is 24.3 Å². The van der Waals surface area contributed by atoms with Crippen molar-refractivity contribution in [2.75, 3.05) is 13.2 Å². The standard InChI is InChI=1S/C15H19NO3/c16-15(8-19-9-15)12-5-3-11(4-6-12)13(14(17)18)7-10-1-2-10/h3-6,10,13H,1-2,7-9,16H2,(H,17,18). The SMILES string of the molecule is NC1(c2ccc(C(CC3CC3)C(=O)O)cc2)COC1. The van der Waals surface area contributed by atoms with Crippen LogP contribution in [-0.2, 0) is 15.1 Å². The van der Waals surface area contributed by atoms with Crippen molar-refractivity contribution >= 4 is 5.97 Å². The summed E-state index contributed by atoms with van der Waals surface area (Å²) in [5, 5.41) is 9.35. The molecule has 0 radical (unpaired) electrons. The van der Waals surface area contributed by atoms with Crippen molar-refractivity contribution in [3.63, 3.8) is 0 Å². The second kappa shape index (κ2) is 4.62. The van der Waals surface area contributed by atoms with Crippen LogP contribution in [0.2, 0.25) is 0 Å². The number of benzene rings is 1. The number of rotatable bonds is 5. The summed E-state index contributed by atoms with van der Waals surface area (Å²) in [6.07, 6.45) is 3.10. The van der Waals surface area contributed by atoms with Gasteiger partial charge in [-0.25, -0.2) is 0 Å². The Labute approximate surface area is 112 Å². The van der Waals surface area contributed by atoms with Crippen molar-refractivity contribution in [1.29, 1.82) is 0 Å². The molecule has 0 amide bonds. The summed E-state index contributed by atoms with van der Waals surface area (Å²) in [7, 11) is 0. The molecule has 1 unspecified atom stereocenters. The van der Waals surface area contributed by atoms with E-state index in [9.17, 15) is 9.90 Å². The zero-order valence-corrected chi connectivity index (χ0v) is 10.8. The van der Waals surface area contributed by atoms with Gasteiger partial charge < -0.3 is 15.6 Å².